The summed E-state index contributed by atoms with van der Waals surface area (Å²) in [6.45, 7) is 0. The zero-order chi connectivity index (χ0) is 13.7. The highest BCUT2D eigenvalue weighted by Gasteiger charge is 2.19. The molecule has 0 aliphatic heterocycles. The molecule has 1 unspecified atom stereocenters. The third kappa shape index (κ3) is 4.11. The first-order valence-electron chi connectivity index (χ1n) is 5.83. The van der Waals surface area contributed by atoms with Crippen molar-refractivity contribution in [3.05, 3.63) is 64.6 Å². The van der Waals surface area contributed by atoms with Crippen LogP contribution < -0.4 is 0 Å². The summed E-state index contributed by atoms with van der Waals surface area (Å²) < 4.78 is 1.00. The van der Waals surface area contributed by atoms with Crippen LogP contribution in [0.4, 0.5) is 0 Å². The second kappa shape index (κ2) is 6.78. The summed E-state index contributed by atoms with van der Waals surface area (Å²) in [6, 6.07) is 17.2. The molecular formula is C15H13BrO2S. The minimum absolute atomic E-state index is 0.481. The Morgan fingerprint density at radius 3 is 2.53 bits per heavy atom. The Bertz CT molecular complexity index is 557. The number of hydrogen-bond donors (Lipinski definition) is 1. The molecule has 0 saturated carbocycles. The van der Waals surface area contributed by atoms with Gasteiger partial charge in [-0.3, -0.25) is 4.79 Å². The van der Waals surface area contributed by atoms with E-state index in [-0.39, 0.29) is 0 Å². The molecule has 2 aromatic rings. The zero-order valence-corrected chi connectivity index (χ0v) is 12.5. The van der Waals surface area contributed by atoms with Crippen LogP contribution in [0, 0.1) is 0 Å². The molecule has 0 aliphatic rings. The largest absolute Gasteiger partial charge is 0.481 e. The van der Waals surface area contributed by atoms with Crippen LogP contribution in [0.2, 0.25) is 0 Å². The van der Waals surface area contributed by atoms with Gasteiger partial charge in [0, 0.05) is 15.1 Å². The molecule has 1 atom stereocenters. The Balaban J connectivity index is 2.08. The van der Waals surface area contributed by atoms with Crippen LogP contribution in [-0.4, -0.2) is 16.8 Å². The molecular weight excluding hydrogens is 324 g/mol. The van der Waals surface area contributed by atoms with Crippen molar-refractivity contribution < 1.29 is 9.90 Å². The molecule has 0 radical (unpaired) electrons. The normalized spacial score (nSPS) is 12.1. The van der Waals surface area contributed by atoms with Gasteiger partial charge in [0.1, 0.15) is 0 Å². The fourth-order valence-electron chi connectivity index (χ4n) is 1.73. The third-order valence-electron chi connectivity index (χ3n) is 2.71. The first-order valence-corrected chi connectivity index (χ1v) is 7.61. The Morgan fingerprint density at radius 2 is 1.89 bits per heavy atom. The summed E-state index contributed by atoms with van der Waals surface area (Å²) in [4.78, 5) is 12.4. The monoisotopic (exact) mass is 336 g/mol. The molecule has 0 bridgehead atoms. The summed E-state index contributed by atoms with van der Waals surface area (Å²) >= 11 is 4.97. The van der Waals surface area contributed by atoms with Gasteiger partial charge in [0.15, 0.2) is 0 Å². The van der Waals surface area contributed by atoms with E-state index in [1.807, 2.05) is 54.6 Å². The maximum absolute atomic E-state index is 11.4. The Hall–Kier alpha value is -1.26. The predicted molar refractivity (Wildman–Crippen MR) is 81.7 cm³/mol. The molecule has 0 saturated heterocycles. The number of rotatable bonds is 5. The van der Waals surface area contributed by atoms with E-state index in [0.717, 1.165) is 14.9 Å². The second-order valence-corrected chi connectivity index (χ2v) is 6.08. The molecule has 0 amide bonds. The lowest BCUT2D eigenvalue weighted by molar-refractivity contribution is -0.138. The minimum atomic E-state index is -0.784. The molecule has 2 aromatic carbocycles. The summed E-state index contributed by atoms with van der Waals surface area (Å²) in [6.07, 6.45) is 0. The van der Waals surface area contributed by atoms with Crippen LogP contribution in [0.3, 0.4) is 0 Å². The van der Waals surface area contributed by atoms with E-state index in [1.54, 1.807) is 11.8 Å². The van der Waals surface area contributed by atoms with Crippen molar-refractivity contribution in [2.24, 2.45) is 0 Å². The van der Waals surface area contributed by atoms with Gasteiger partial charge in [0.25, 0.3) is 0 Å². The number of carbonyl (C=O) groups is 1. The van der Waals surface area contributed by atoms with Crippen molar-refractivity contribution in [1.29, 1.82) is 0 Å². The van der Waals surface area contributed by atoms with E-state index in [4.69, 9.17) is 0 Å². The molecule has 1 N–H and O–H groups in total. The van der Waals surface area contributed by atoms with Gasteiger partial charge < -0.3 is 5.11 Å². The number of aliphatic carboxylic acids is 1. The number of thioether (sulfide) groups is 1. The lowest BCUT2D eigenvalue weighted by Gasteiger charge is -2.12. The van der Waals surface area contributed by atoms with E-state index in [2.05, 4.69) is 15.9 Å². The lowest BCUT2D eigenvalue weighted by Crippen LogP contribution is -2.14. The van der Waals surface area contributed by atoms with Crippen LogP contribution >= 0.6 is 27.7 Å². The second-order valence-electron chi connectivity index (χ2n) is 4.07. The van der Waals surface area contributed by atoms with E-state index >= 15 is 0 Å². The average Bonchev–Trinajstić information content (AvgIpc) is 2.40. The molecule has 98 valence electrons. The molecule has 0 aromatic heterocycles. The average molecular weight is 337 g/mol. The van der Waals surface area contributed by atoms with E-state index in [0.29, 0.717) is 5.75 Å². The number of hydrogen-bond acceptors (Lipinski definition) is 2. The quantitative estimate of drug-likeness (QED) is 0.821. The molecule has 4 heteroatoms. The van der Waals surface area contributed by atoms with Gasteiger partial charge in [-0.15, -0.1) is 11.8 Å². The van der Waals surface area contributed by atoms with Crippen LogP contribution in [0.5, 0.6) is 0 Å². The van der Waals surface area contributed by atoms with Gasteiger partial charge in [-0.1, -0.05) is 52.3 Å². The Morgan fingerprint density at radius 1 is 1.16 bits per heavy atom. The van der Waals surface area contributed by atoms with Gasteiger partial charge >= 0.3 is 5.97 Å². The van der Waals surface area contributed by atoms with Gasteiger partial charge in [0.2, 0.25) is 0 Å². The van der Waals surface area contributed by atoms with Crippen LogP contribution in [-0.2, 0) is 4.79 Å². The van der Waals surface area contributed by atoms with Crippen molar-refractivity contribution in [1.82, 2.24) is 0 Å². The number of carboxylic acids is 1. The number of halogens is 1. The van der Waals surface area contributed by atoms with Gasteiger partial charge in [-0.2, -0.15) is 0 Å². The summed E-state index contributed by atoms with van der Waals surface area (Å²) in [5.41, 5.74) is 0.845. The number of benzene rings is 2. The van der Waals surface area contributed by atoms with Gasteiger partial charge in [0.05, 0.1) is 5.92 Å². The van der Waals surface area contributed by atoms with E-state index in [1.165, 1.54) is 0 Å². The highest BCUT2D eigenvalue weighted by molar-refractivity contribution is 9.10. The molecule has 19 heavy (non-hydrogen) atoms. The van der Waals surface area contributed by atoms with Crippen LogP contribution in [0.15, 0.2) is 64.0 Å². The lowest BCUT2D eigenvalue weighted by atomic mass is 10.0. The van der Waals surface area contributed by atoms with E-state index in [9.17, 15) is 9.90 Å². The summed E-state index contributed by atoms with van der Waals surface area (Å²) in [5, 5.41) is 9.34. The fourth-order valence-corrected chi connectivity index (χ4v) is 3.36. The van der Waals surface area contributed by atoms with Gasteiger partial charge in [-0.05, 0) is 23.8 Å². The maximum Gasteiger partial charge on any atom is 0.311 e. The molecule has 2 nitrogen and oxygen atoms in total. The van der Waals surface area contributed by atoms with Crippen molar-refractivity contribution >= 4 is 33.7 Å². The zero-order valence-electron chi connectivity index (χ0n) is 10.1. The summed E-state index contributed by atoms with van der Waals surface area (Å²) in [7, 11) is 0. The van der Waals surface area contributed by atoms with Crippen LogP contribution in [0.1, 0.15) is 11.5 Å². The maximum atomic E-state index is 11.4. The molecule has 2 rings (SSSR count). The van der Waals surface area contributed by atoms with Crippen LogP contribution in [0.25, 0.3) is 0 Å². The minimum Gasteiger partial charge on any atom is -0.481 e. The van der Waals surface area contributed by atoms with Crippen molar-refractivity contribution in [3.63, 3.8) is 0 Å². The molecule has 0 aliphatic carbocycles. The molecule has 0 spiro atoms. The molecule has 0 fully saturated rings. The van der Waals surface area contributed by atoms with Gasteiger partial charge in [-0.25, -0.2) is 0 Å². The predicted octanol–water partition coefficient (Wildman–Crippen LogP) is 4.41. The van der Waals surface area contributed by atoms with Crippen molar-refractivity contribution in [2.75, 3.05) is 5.75 Å². The van der Waals surface area contributed by atoms with Crippen molar-refractivity contribution in [2.45, 2.75) is 10.8 Å². The fraction of sp³-hybridized carbons (Fsp3) is 0.133. The van der Waals surface area contributed by atoms with Crippen molar-refractivity contribution in [3.8, 4) is 0 Å². The highest BCUT2D eigenvalue weighted by atomic mass is 79.9. The Labute approximate surface area is 125 Å². The summed E-state index contributed by atoms with van der Waals surface area (Å²) in [5.74, 6) is -0.741. The van der Waals surface area contributed by atoms with E-state index < -0.39 is 11.9 Å². The SMILES string of the molecule is O=C(O)C(CSc1cccc(Br)c1)c1ccccc1. The third-order valence-corrected chi connectivity index (χ3v) is 4.29. The molecule has 0 heterocycles. The topological polar surface area (TPSA) is 37.3 Å². The highest BCUT2D eigenvalue weighted by Crippen LogP contribution is 2.28. The smallest absolute Gasteiger partial charge is 0.311 e. The Kier molecular flexibility index (Phi) is 5.05. The first kappa shape index (κ1) is 14.2. The standard InChI is InChI=1S/C15H13BrO2S/c16-12-7-4-8-13(9-12)19-10-14(15(17)18)11-5-2-1-3-6-11/h1-9,14H,10H2,(H,17,18). The number of carboxylic acid groups (broad SMARTS) is 1. The first-order chi connectivity index (χ1) is 9.16.